The van der Waals surface area contributed by atoms with E-state index in [0.717, 1.165) is 12.8 Å². The first-order valence-electron chi connectivity index (χ1n) is 3.96. The molecule has 0 radical (unpaired) electrons. The van der Waals surface area contributed by atoms with E-state index in [1.54, 1.807) is 0 Å². The highest BCUT2D eigenvalue weighted by Crippen LogP contribution is 2.31. The summed E-state index contributed by atoms with van der Waals surface area (Å²) in [7, 11) is 0. The summed E-state index contributed by atoms with van der Waals surface area (Å²) in [5.74, 6) is 0. The second-order valence-electron chi connectivity index (χ2n) is 2.75. The molecule has 0 nitrogen and oxygen atoms in total. The SMILES string of the molecule is C=CC1=C(/C=C\C)CCC1=C. The summed E-state index contributed by atoms with van der Waals surface area (Å²) in [4.78, 5) is 0. The molecule has 0 spiro atoms. The fourth-order valence-electron chi connectivity index (χ4n) is 1.43. The largest absolute Gasteiger partial charge is 0.0985 e. The third-order valence-corrected chi connectivity index (χ3v) is 1.99. The lowest BCUT2D eigenvalue weighted by Crippen LogP contribution is -1.76. The highest BCUT2D eigenvalue weighted by atomic mass is 14.2. The molecule has 0 heteroatoms. The molecule has 0 unspecified atom stereocenters. The summed E-state index contributed by atoms with van der Waals surface area (Å²) in [6, 6.07) is 0. The lowest BCUT2D eigenvalue weighted by atomic mass is 10.1. The van der Waals surface area contributed by atoms with Crippen LogP contribution in [0.4, 0.5) is 0 Å². The average molecular weight is 146 g/mol. The second kappa shape index (κ2) is 3.38. The third kappa shape index (κ3) is 1.51. The Morgan fingerprint density at radius 3 is 2.64 bits per heavy atom. The van der Waals surface area contributed by atoms with Crippen LogP contribution in [0.1, 0.15) is 19.8 Å². The van der Waals surface area contributed by atoms with Gasteiger partial charge in [-0.2, -0.15) is 0 Å². The Kier molecular flexibility index (Phi) is 2.48. The summed E-state index contributed by atoms with van der Waals surface area (Å²) in [6.07, 6.45) is 8.35. The maximum atomic E-state index is 3.98. The Morgan fingerprint density at radius 2 is 2.09 bits per heavy atom. The minimum atomic E-state index is 1.10. The Hall–Kier alpha value is -1.04. The zero-order chi connectivity index (χ0) is 8.27. The van der Waals surface area contributed by atoms with Crippen molar-refractivity contribution < 1.29 is 0 Å². The number of hydrogen-bond acceptors (Lipinski definition) is 0. The van der Waals surface area contributed by atoms with Gasteiger partial charge in [0, 0.05) is 0 Å². The minimum absolute atomic E-state index is 1.10. The normalized spacial score (nSPS) is 18.5. The molecule has 58 valence electrons. The van der Waals surface area contributed by atoms with Crippen molar-refractivity contribution >= 4 is 0 Å². The monoisotopic (exact) mass is 146 g/mol. The Morgan fingerprint density at radius 1 is 1.36 bits per heavy atom. The summed E-state index contributed by atoms with van der Waals surface area (Å²) < 4.78 is 0. The molecular weight excluding hydrogens is 132 g/mol. The standard InChI is InChI=1S/C11H14/c1-4-6-10-8-7-9(3)11(10)5-2/h4-6H,2-3,7-8H2,1H3/b6-4-. The van der Waals surface area contributed by atoms with Gasteiger partial charge in [-0.05, 0) is 36.5 Å². The molecule has 1 aliphatic rings. The Labute approximate surface area is 68.6 Å². The van der Waals surface area contributed by atoms with Gasteiger partial charge in [-0.15, -0.1) is 0 Å². The van der Waals surface area contributed by atoms with Crippen molar-refractivity contribution in [1.82, 2.24) is 0 Å². The van der Waals surface area contributed by atoms with E-state index >= 15 is 0 Å². The minimum Gasteiger partial charge on any atom is -0.0985 e. The molecule has 0 saturated heterocycles. The summed E-state index contributed by atoms with van der Waals surface area (Å²) in [5.41, 5.74) is 3.86. The molecule has 0 N–H and O–H groups in total. The van der Waals surface area contributed by atoms with E-state index in [1.165, 1.54) is 16.7 Å². The van der Waals surface area contributed by atoms with Crippen LogP contribution >= 0.6 is 0 Å². The smallest absolute Gasteiger partial charge is 0.0204 e. The maximum absolute atomic E-state index is 3.98. The van der Waals surface area contributed by atoms with Gasteiger partial charge in [0.2, 0.25) is 0 Å². The van der Waals surface area contributed by atoms with Crippen molar-refractivity contribution in [3.63, 3.8) is 0 Å². The molecule has 0 aromatic rings. The van der Waals surface area contributed by atoms with Gasteiger partial charge in [-0.3, -0.25) is 0 Å². The molecule has 0 heterocycles. The van der Waals surface area contributed by atoms with Crippen molar-refractivity contribution in [1.29, 1.82) is 0 Å². The molecule has 0 atom stereocenters. The fraction of sp³-hybridized carbons (Fsp3) is 0.273. The fourth-order valence-corrected chi connectivity index (χ4v) is 1.43. The van der Waals surface area contributed by atoms with Gasteiger partial charge >= 0.3 is 0 Å². The van der Waals surface area contributed by atoms with Crippen LogP contribution in [0.2, 0.25) is 0 Å². The van der Waals surface area contributed by atoms with Crippen LogP contribution in [0.15, 0.2) is 48.1 Å². The average Bonchev–Trinajstić information content (AvgIpc) is 2.33. The van der Waals surface area contributed by atoms with Crippen LogP contribution in [0.5, 0.6) is 0 Å². The summed E-state index contributed by atoms with van der Waals surface area (Å²) in [5, 5.41) is 0. The number of rotatable bonds is 2. The van der Waals surface area contributed by atoms with Crippen LogP contribution < -0.4 is 0 Å². The summed E-state index contributed by atoms with van der Waals surface area (Å²) >= 11 is 0. The van der Waals surface area contributed by atoms with Crippen LogP contribution in [0.25, 0.3) is 0 Å². The van der Waals surface area contributed by atoms with Crippen molar-refractivity contribution in [2.24, 2.45) is 0 Å². The first-order valence-corrected chi connectivity index (χ1v) is 3.96. The third-order valence-electron chi connectivity index (χ3n) is 1.99. The van der Waals surface area contributed by atoms with Gasteiger partial charge in [0.05, 0.1) is 0 Å². The van der Waals surface area contributed by atoms with Gasteiger partial charge in [0.25, 0.3) is 0 Å². The summed E-state index contributed by atoms with van der Waals surface area (Å²) in [6.45, 7) is 9.79. The van der Waals surface area contributed by atoms with E-state index in [0.29, 0.717) is 0 Å². The van der Waals surface area contributed by atoms with Crippen molar-refractivity contribution in [2.45, 2.75) is 19.8 Å². The molecule has 0 fully saturated rings. The zero-order valence-corrected chi connectivity index (χ0v) is 7.06. The molecule has 0 aromatic heterocycles. The predicted octanol–water partition coefficient (Wildman–Crippen LogP) is 3.40. The maximum Gasteiger partial charge on any atom is -0.0204 e. The molecule has 1 aliphatic carbocycles. The van der Waals surface area contributed by atoms with Gasteiger partial charge in [0.1, 0.15) is 0 Å². The zero-order valence-electron chi connectivity index (χ0n) is 7.06. The highest BCUT2D eigenvalue weighted by Gasteiger charge is 2.12. The quantitative estimate of drug-likeness (QED) is 0.560. The topological polar surface area (TPSA) is 0 Å². The van der Waals surface area contributed by atoms with E-state index < -0.39 is 0 Å². The predicted molar refractivity (Wildman–Crippen MR) is 50.4 cm³/mol. The molecule has 11 heavy (non-hydrogen) atoms. The molecule has 0 bridgehead atoms. The second-order valence-corrected chi connectivity index (χ2v) is 2.75. The number of hydrogen-bond donors (Lipinski definition) is 0. The Bertz CT molecular complexity index is 239. The van der Waals surface area contributed by atoms with E-state index in [4.69, 9.17) is 0 Å². The van der Waals surface area contributed by atoms with E-state index in [9.17, 15) is 0 Å². The molecule has 0 amide bonds. The lowest BCUT2D eigenvalue weighted by Gasteiger charge is -1.95. The van der Waals surface area contributed by atoms with Crippen LogP contribution in [-0.2, 0) is 0 Å². The molecule has 0 aromatic carbocycles. The first-order chi connectivity index (χ1) is 5.29. The van der Waals surface area contributed by atoms with Gasteiger partial charge < -0.3 is 0 Å². The van der Waals surface area contributed by atoms with Crippen molar-refractivity contribution in [3.05, 3.63) is 48.1 Å². The Balaban J connectivity index is 2.97. The lowest BCUT2D eigenvalue weighted by molar-refractivity contribution is 1.03. The molecule has 1 rings (SSSR count). The van der Waals surface area contributed by atoms with E-state index in [-0.39, 0.29) is 0 Å². The van der Waals surface area contributed by atoms with Crippen LogP contribution in [0.3, 0.4) is 0 Å². The van der Waals surface area contributed by atoms with E-state index in [1.807, 2.05) is 13.0 Å². The van der Waals surface area contributed by atoms with Crippen molar-refractivity contribution in [2.75, 3.05) is 0 Å². The van der Waals surface area contributed by atoms with Crippen LogP contribution in [-0.4, -0.2) is 0 Å². The molecule has 0 aliphatic heterocycles. The van der Waals surface area contributed by atoms with E-state index in [2.05, 4.69) is 25.3 Å². The highest BCUT2D eigenvalue weighted by molar-refractivity contribution is 5.49. The first kappa shape index (κ1) is 8.06. The van der Waals surface area contributed by atoms with Crippen LogP contribution in [0, 0.1) is 0 Å². The molecule has 0 saturated carbocycles. The van der Waals surface area contributed by atoms with Gasteiger partial charge in [-0.1, -0.05) is 31.4 Å². The number of allylic oxidation sites excluding steroid dienone is 6. The van der Waals surface area contributed by atoms with Crippen molar-refractivity contribution in [3.8, 4) is 0 Å². The van der Waals surface area contributed by atoms with Gasteiger partial charge in [-0.25, -0.2) is 0 Å². The molecular formula is C11H14. The van der Waals surface area contributed by atoms with Gasteiger partial charge in [0.15, 0.2) is 0 Å².